The highest BCUT2D eigenvalue weighted by Crippen LogP contribution is 2.43. The van der Waals surface area contributed by atoms with E-state index in [1.807, 2.05) is 30.3 Å². The van der Waals surface area contributed by atoms with Gasteiger partial charge in [0.2, 0.25) is 0 Å². The molecular weight excluding hydrogens is 338 g/mol. The first kappa shape index (κ1) is 16.1. The van der Waals surface area contributed by atoms with Crippen LogP contribution < -0.4 is 20.5 Å². The number of fused-ring (bicyclic) bond motifs is 1. The Bertz CT molecular complexity index is 792. The van der Waals surface area contributed by atoms with Crippen LogP contribution in [0.25, 0.3) is 0 Å². The van der Waals surface area contributed by atoms with E-state index in [1.54, 1.807) is 0 Å². The van der Waals surface area contributed by atoms with E-state index in [-0.39, 0.29) is 6.04 Å². The summed E-state index contributed by atoms with van der Waals surface area (Å²) in [5.74, 6) is 2.33. The number of nitrogens with two attached hydrogens (primary N) is 1. The van der Waals surface area contributed by atoms with Gasteiger partial charge in [0.05, 0.1) is 19.3 Å². The lowest BCUT2D eigenvalue weighted by molar-refractivity contribution is 0.297. The highest BCUT2D eigenvalue weighted by atomic mass is 35.5. The monoisotopic (exact) mass is 357 g/mol. The molecule has 1 heterocycles. The van der Waals surface area contributed by atoms with Gasteiger partial charge in [-0.05, 0) is 36.2 Å². The van der Waals surface area contributed by atoms with Gasteiger partial charge in [0, 0.05) is 29.1 Å². The molecule has 0 spiro atoms. The van der Waals surface area contributed by atoms with E-state index >= 15 is 0 Å². The Labute approximate surface area is 151 Å². The Balaban J connectivity index is 1.40. The topological polar surface area (TPSA) is 68.9 Å². The molecule has 1 aliphatic heterocycles. The summed E-state index contributed by atoms with van der Waals surface area (Å²) in [7, 11) is 0. The predicted octanol–water partition coefficient (Wildman–Crippen LogP) is 3.78. The lowest BCUT2D eigenvalue weighted by Gasteiger charge is -2.10. The van der Waals surface area contributed by atoms with E-state index in [4.69, 9.17) is 26.8 Å². The maximum atomic E-state index is 6.06. The molecule has 1 fully saturated rings. The van der Waals surface area contributed by atoms with Gasteiger partial charge >= 0.3 is 0 Å². The minimum atomic E-state index is 0.217. The van der Waals surface area contributed by atoms with Crippen molar-refractivity contribution in [3.63, 3.8) is 0 Å². The second-order valence-corrected chi connectivity index (χ2v) is 6.75. The summed E-state index contributed by atoms with van der Waals surface area (Å²) in [6, 6.07) is 13.8. The van der Waals surface area contributed by atoms with Crippen LogP contribution in [-0.2, 0) is 0 Å². The van der Waals surface area contributed by atoms with Crippen molar-refractivity contribution in [2.75, 3.05) is 18.5 Å². The number of nitrogens with one attached hydrogen (secondary N) is 1. The fraction of sp³-hybridized carbons (Fsp3) is 0.316. The van der Waals surface area contributed by atoms with Crippen LogP contribution in [0.3, 0.4) is 0 Å². The summed E-state index contributed by atoms with van der Waals surface area (Å²) >= 11 is 5.93. The molecule has 3 N–H and O–H groups in total. The molecule has 130 valence electrons. The van der Waals surface area contributed by atoms with Crippen LogP contribution in [-0.4, -0.2) is 25.2 Å². The van der Waals surface area contributed by atoms with Crippen LogP contribution in [0.1, 0.15) is 24.3 Å². The summed E-state index contributed by atoms with van der Waals surface area (Å²) in [5.41, 5.74) is 8.16. The van der Waals surface area contributed by atoms with Gasteiger partial charge in [0.15, 0.2) is 17.5 Å². The second kappa shape index (κ2) is 6.84. The van der Waals surface area contributed by atoms with Crippen molar-refractivity contribution in [2.45, 2.75) is 24.8 Å². The molecule has 0 unspecified atom stereocenters. The number of hydrogen-bond donors (Lipinski definition) is 2. The molecule has 0 bridgehead atoms. The van der Waals surface area contributed by atoms with Crippen molar-refractivity contribution >= 4 is 23.2 Å². The number of benzene rings is 2. The zero-order valence-electron chi connectivity index (χ0n) is 13.7. The van der Waals surface area contributed by atoms with Gasteiger partial charge < -0.3 is 20.5 Å². The highest BCUT2D eigenvalue weighted by Gasteiger charge is 2.38. The number of aliphatic imine (C=N–C) groups is 1. The Morgan fingerprint density at radius 1 is 1.08 bits per heavy atom. The van der Waals surface area contributed by atoms with Gasteiger partial charge in [0.25, 0.3) is 0 Å². The molecule has 6 heteroatoms. The van der Waals surface area contributed by atoms with E-state index in [0.717, 1.165) is 35.1 Å². The predicted molar refractivity (Wildman–Crippen MR) is 99.9 cm³/mol. The van der Waals surface area contributed by atoms with Crippen LogP contribution in [0.2, 0.25) is 5.02 Å². The molecule has 2 aromatic carbocycles. The maximum absolute atomic E-state index is 6.06. The number of halogens is 1. The normalized spacial score (nSPS) is 22.2. The van der Waals surface area contributed by atoms with Crippen molar-refractivity contribution in [3.05, 3.63) is 53.1 Å². The maximum Gasteiger partial charge on any atom is 0.193 e. The zero-order chi connectivity index (χ0) is 17.2. The molecule has 1 saturated carbocycles. The third-order valence-corrected chi connectivity index (χ3v) is 4.63. The van der Waals surface area contributed by atoms with Crippen molar-refractivity contribution in [2.24, 2.45) is 10.7 Å². The first-order chi connectivity index (χ1) is 12.2. The number of anilines is 1. The summed E-state index contributed by atoms with van der Waals surface area (Å²) in [4.78, 5) is 4.57. The molecule has 2 aromatic rings. The van der Waals surface area contributed by atoms with E-state index in [0.29, 0.717) is 25.1 Å². The molecule has 0 radical (unpaired) electrons. The van der Waals surface area contributed by atoms with E-state index in [1.165, 1.54) is 5.56 Å². The number of hydrogen-bond acceptors (Lipinski definition) is 3. The highest BCUT2D eigenvalue weighted by molar-refractivity contribution is 6.30. The average molecular weight is 358 g/mol. The minimum Gasteiger partial charge on any atom is -0.490 e. The Morgan fingerprint density at radius 2 is 1.84 bits per heavy atom. The van der Waals surface area contributed by atoms with Gasteiger partial charge in [0.1, 0.15) is 0 Å². The Morgan fingerprint density at radius 3 is 2.64 bits per heavy atom. The van der Waals surface area contributed by atoms with Gasteiger partial charge in [-0.3, -0.25) is 0 Å². The van der Waals surface area contributed by atoms with Crippen molar-refractivity contribution in [1.29, 1.82) is 0 Å². The number of ether oxygens (including phenoxy) is 2. The van der Waals surface area contributed by atoms with Crippen LogP contribution in [0.15, 0.2) is 47.5 Å². The molecule has 0 amide bonds. The average Bonchev–Trinajstić information content (AvgIpc) is 3.38. The zero-order valence-corrected chi connectivity index (χ0v) is 14.5. The molecule has 4 rings (SSSR count). The summed E-state index contributed by atoms with van der Waals surface area (Å²) < 4.78 is 11.3. The van der Waals surface area contributed by atoms with Crippen LogP contribution in [0.4, 0.5) is 5.69 Å². The van der Waals surface area contributed by atoms with Gasteiger partial charge in [-0.15, -0.1) is 0 Å². The Kier molecular flexibility index (Phi) is 4.40. The molecule has 2 aliphatic rings. The lowest BCUT2D eigenvalue weighted by atomic mass is 10.1. The van der Waals surface area contributed by atoms with E-state index in [2.05, 4.69) is 22.4 Å². The van der Waals surface area contributed by atoms with Crippen LogP contribution >= 0.6 is 11.6 Å². The number of nitrogens with zero attached hydrogens (tertiary/aromatic N) is 1. The Hall–Kier alpha value is -2.40. The standard InChI is InChI=1S/C19H20ClN3O2/c20-13-4-2-12(3-5-13)15-11-16(15)23-19(21)22-14-6-7-17-18(10-14)25-9-1-8-24-17/h2-7,10,15-16H,1,8-9,11H2,(H3,21,22,23)/t15-,16+/m0/s1. The van der Waals surface area contributed by atoms with E-state index < -0.39 is 0 Å². The fourth-order valence-corrected chi connectivity index (χ4v) is 3.12. The number of guanidine groups is 1. The molecular formula is C19H20ClN3O2. The second-order valence-electron chi connectivity index (χ2n) is 6.31. The van der Waals surface area contributed by atoms with Crippen LogP contribution in [0, 0.1) is 0 Å². The van der Waals surface area contributed by atoms with Crippen molar-refractivity contribution in [3.8, 4) is 11.5 Å². The lowest BCUT2D eigenvalue weighted by Crippen LogP contribution is -2.23. The van der Waals surface area contributed by atoms with Gasteiger partial charge in [-0.25, -0.2) is 4.99 Å². The first-order valence-corrected chi connectivity index (χ1v) is 8.82. The van der Waals surface area contributed by atoms with Gasteiger partial charge in [-0.2, -0.15) is 0 Å². The van der Waals surface area contributed by atoms with Crippen molar-refractivity contribution < 1.29 is 9.47 Å². The molecule has 0 aromatic heterocycles. The van der Waals surface area contributed by atoms with E-state index in [9.17, 15) is 0 Å². The first-order valence-electron chi connectivity index (χ1n) is 8.44. The SMILES string of the molecule is NC(=N[C@@H]1C[C@H]1c1ccc(Cl)cc1)Nc1ccc2c(c1)OCCCO2. The molecule has 1 aliphatic carbocycles. The third kappa shape index (κ3) is 3.82. The summed E-state index contributed by atoms with van der Waals surface area (Å²) in [5, 5.41) is 3.89. The summed E-state index contributed by atoms with van der Waals surface area (Å²) in [6.45, 7) is 1.34. The molecule has 5 nitrogen and oxygen atoms in total. The third-order valence-electron chi connectivity index (χ3n) is 4.38. The largest absolute Gasteiger partial charge is 0.490 e. The minimum absolute atomic E-state index is 0.217. The quantitative estimate of drug-likeness (QED) is 0.648. The van der Waals surface area contributed by atoms with Crippen LogP contribution in [0.5, 0.6) is 11.5 Å². The molecule has 0 saturated heterocycles. The number of rotatable bonds is 3. The molecule has 2 atom stereocenters. The van der Waals surface area contributed by atoms with Gasteiger partial charge in [-0.1, -0.05) is 23.7 Å². The molecule has 25 heavy (non-hydrogen) atoms. The fourth-order valence-electron chi connectivity index (χ4n) is 2.99. The van der Waals surface area contributed by atoms with Crippen molar-refractivity contribution in [1.82, 2.24) is 0 Å². The smallest absolute Gasteiger partial charge is 0.193 e. The summed E-state index contributed by atoms with van der Waals surface area (Å²) in [6.07, 6.45) is 1.89.